The van der Waals surface area contributed by atoms with Gasteiger partial charge in [-0.15, -0.1) is 0 Å². The van der Waals surface area contributed by atoms with Crippen molar-refractivity contribution in [1.29, 1.82) is 0 Å². The molecule has 20 heavy (non-hydrogen) atoms. The van der Waals surface area contributed by atoms with Crippen LogP contribution in [0.2, 0.25) is 0 Å². The average Bonchev–Trinajstić information content (AvgIpc) is 2.22. The summed E-state index contributed by atoms with van der Waals surface area (Å²) in [5.41, 5.74) is 0.869. The van der Waals surface area contributed by atoms with Gasteiger partial charge in [-0.3, -0.25) is 0 Å². The summed E-state index contributed by atoms with van der Waals surface area (Å²) in [6.07, 6.45) is 1.11. The Balaban J connectivity index is 3.14. The van der Waals surface area contributed by atoms with E-state index in [4.69, 9.17) is 9.47 Å². The van der Waals surface area contributed by atoms with Gasteiger partial charge >= 0.3 is 0 Å². The third-order valence-electron chi connectivity index (χ3n) is 2.93. The van der Waals surface area contributed by atoms with Crippen LogP contribution in [-0.4, -0.2) is 11.2 Å². The quantitative estimate of drug-likeness (QED) is 0.718. The van der Waals surface area contributed by atoms with E-state index in [0.717, 1.165) is 17.9 Å². The van der Waals surface area contributed by atoms with E-state index in [9.17, 15) is 0 Å². The highest BCUT2D eigenvalue weighted by Crippen LogP contribution is 2.32. The second-order valence-corrected chi connectivity index (χ2v) is 7.48. The number of benzene rings is 1. The Labute approximate surface area is 124 Å². The standard InChI is InChI=1S/C18H30O2/c1-9-13(2)14-10-15(19-17(3,4)5)12-16(11-14)20-18(6,7)8/h10-13H,9H2,1-8H3. The highest BCUT2D eigenvalue weighted by molar-refractivity contribution is 5.40. The average molecular weight is 278 g/mol. The van der Waals surface area contributed by atoms with E-state index in [1.807, 2.05) is 6.07 Å². The predicted molar refractivity (Wildman–Crippen MR) is 85.9 cm³/mol. The van der Waals surface area contributed by atoms with E-state index < -0.39 is 0 Å². The molecule has 1 unspecified atom stereocenters. The van der Waals surface area contributed by atoms with E-state index in [1.54, 1.807) is 0 Å². The van der Waals surface area contributed by atoms with Crippen molar-refractivity contribution in [2.45, 2.75) is 78.9 Å². The number of hydrogen-bond acceptors (Lipinski definition) is 2. The summed E-state index contributed by atoms with van der Waals surface area (Å²) in [4.78, 5) is 0. The molecule has 1 aromatic carbocycles. The molecular formula is C18H30O2. The largest absolute Gasteiger partial charge is 0.488 e. The molecular weight excluding hydrogens is 248 g/mol. The minimum absolute atomic E-state index is 0.201. The predicted octanol–water partition coefficient (Wildman–Crippen LogP) is 5.55. The van der Waals surface area contributed by atoms with Crippen LogP contribution in [0.4, 0.5) is 0 Å². The molecule has 0 aliphatic heterocycles. The van der Waals surface area contributed by atoms with Gasteiger partial charge in [-0.25, -0.2) is 0 Å². The number of hydrogen-bond donors (Lipinski definition) is 0. The van der Waals surface area contributed by atoms with Crippen molar-refractivity contribution >= 4 is 0 Å². The monoisotopic (exact) mass is 278 g/mol. The van der Waals surface area contributed by atoms with E-state index in [1.165, 1.54) is 5.56 Å². The Morgan fingerprint density at radius 1 is 0.850 bits per heavy atom. The Morgan fingerprint density at radius 3 is 1.55 bits per heavy atom. The van der Waals surface area contributed by atoms with Gasteiger partial charge in [0.25, 0.3) is 0 Å². The van der Waals surface area contributed by atoms with Gasteiger partial charge in [0.2, 0.25) is 0 Å². The first-order valence-electron chi connectivity index (χ1n) is 7.53. The highest BCUT2D eigenvalue weighted by Gasteiger charge is 2.17. The van der Waals surface area contributed by atoms with Crippen LogP contribution in [0, 0.1) is 0 Å². The molecule has 0 aliphatic carbocycles. The lowest BCUT2D eigenvalue weighted by Crippen LogP contribution is -2.24. The Hall–Kier alpha value is -1.18. The van der Waals surface area contributed by atoms with Gasteiger partial charge < -0.3 is 9.47 Å². The van der Waals surface area contributed by atoms with E-state index in [2.05, 4.69) is 67.5 Å². The Bertz CT molecular complexity index is 401. The maximum atomic E-state index is 6.01. The van der Waals surface area contributed by atoms with Crippen LogP contribution in [0.1, 0.15) is 73.3 Å². The van der Waals surface area contributed by atoms with Gasteiger partial charge in [-0.2, -0.15) is 0 Å². The third-order valence-corrected chi connectivity index (χ3v) is 2.93. The zero-order chi connectivity index (χ0) is 15.6. The van der Waals surface area contributed by atoms with Crippen LogP contribution in [0.25, 0.3) is 0 Å². The molecule has 0 bridgehead atoms. The molecule has 2 nitrogen and oxygen atoms in total. The molecule has 0 aromatic heterocycles. The molecule has 0 aliphatic rings. The summed E-state index contributed by atoms with van der Waals surface area (Å²) in [6, 6.07) is 6.26. The molecule has 1 rings (SSSR count). The maximum absolute atomic E-state index is 6.01. The molecule has 0 radical (unpaired) electrons. The summed E-state index contributed by atoms with van der Waals surface area (Å²) in [6.45, 7) is 16.8. The second kappa shape index (κ2) is 6.07. The van der Waals surface area contributed by atoms with Gasteiger partial charge in [0.15, 0.2) is 0 Å². The zero-order valence-corrected chi connectivity index (χ0v) is 14.3. The topological polar surface area (TPSA) is 18.5 Å². The fourth-order valence-electron chi connectivity index (χ4n) is 1.94. The van der Waals surface area contributed by atoms with Crippen molar-refractivity contribution in [2.24, 2.45) is 0 Å². The fraction of sp³-hybridized carbons (Fsp3) is 0.667. The molecule has 0 saturated carbocycles. The smallest absolute Gasteiger partial charge is 0.124 e. The van der Waals surface area contributed by atoms with Crippen molar-refractivity contribution < 1.29 is 9.47 Å². The van der Waals surface area contributed by atoms with Gasteiger partial charge in [-0.1, -0.05) is 13.8 Å². The molecule has 0 spiro atoms. The van der Waals surface area contributed by atoms with Crippen LogP contribution in [0.15, 0.2) is 18.2 Å². The van der Waals surface area contributed by atoms with E-state index in [-0.39, 0.29) is 11.2 Å². The zero-order valence-electron chi connectivity index (χ0n) is 14.3. The molecule has 1 aromatic rings. The molecule has 0 fully saturated rings. The van der Waals surface area contributed by atoms with Gasteiger partial charge in [0.05, 0.1) is 0 Å². The van der Waals surface area contributed by atoms with Gasteiger partial charge in [0.1, 0.15) is 22.7 Å². The lowest BCUT2D eigenvalue weighted by atomic mass is 9.98. The van der Waals surface area contributed by atoms with Crippen molar-refractivity contribution in [3.8, 4) is 11.5 Å². The first-order chi connectivity index (χ1) is 9.00. The molecule has 0 heterocycles. The van der Waals surface area contributed by atoms with E-state index >= 15 is 0 Å². The van der Waals surface area contributed by atoms with Gasteiger partial charge in [0, 0.05) is 6.07 Å². The van der Waals surface area contributed by atoms with Crippen molar-refractivity contribution in [3.05, 3.63) is 23.8 Å². The maximum Gasteiger partial charge on any atom is 0.124 e. The Morgan fingerprint density at radius 2 is 1.25 bits per heavy atom. The van der Waals surface area contributed by atoms with Crippen LogP contribution in [0.5, 0.6) is 11.5 Å². The van der Waals surface area contributed by atoms with Crippen LogP contribution in [-0.2, 0) is 0 Å². The van der Waals surface area contributed by atoms with Crippen LogP contribution in [0.3, 0.4) is 0 Å². The van der Waals surface area contributed by atoms with Crippen molar-refractivity contribution in [2.75, 3.05) is 0 Å². The van der Waals surface area contributed by atoms with Crippen LogP contribution >= 0.6 is 0 Å². The summed E-state index contributed by atoms with van der Waals surface area (Å²) in [5.74, 6) is 2.27. The second-order valence-electron chi connectivity index (χ2n) is 7.48. The fourth-order valence-corrected chi connectivity index (χ4v) is 1.94. The molecule has 1 atom stereocenters. The first-order valence-corrected chi connectivity index (χ1v) is 7.53. The number of ether oxygens (including phenoxy) is 2. The highest BCUT2D eigenvalue weighted by atomic mass is 16.5. The minimum Gasteiger partial charge on any atom is -0.488 e. The molecule has 0 saturated heterocycles. The molecule has 0 N–H and O–H groups in total. The van der Waals surface area contributed by atoms with Gasteiger partial charge in [-0.05, 0) is 71.6 Å². The first kappa shape index (κ1) is 16.9. The third kappa shape index (κ3) is 5.85. The van der Waals surface area contributed by atoms with Crippen molar-refractivity contribution in [1.82, 2.24) is 0 Å². The lowest BCUT2D eigenvalue weighted by Gasteiger charge is -2.26. The molecule has 0 amide bonds. The summed E-state index contributed by atoms with van der Waals surface area (Å²) in [5, 5.41) is 0. The molecule has 2 heteroatoms. The summed E-state index contributed by atoms with van der Waals surface area (Å²) < 4.78 is 12.0. The normalized spacial score (nSPS) is 14.0. The molecule has 114 valence electrons. The SMILES string of the molecule is CCC(C)c1cc(OC(C)(C)C)cc(OC(C)(C)C)c1. The van der Waals surface area contributed by atoms with Crippen molar-refractivity contribution in [3.63, 3.8) is 0 Å². The summed E-state index contributed by atoms with van der Waals surface area (Å²) in [7, 11) is 0. The summed E-state index contributed by atoms with van der Waals surface area (Å²) >= 11 is 0. The van der Waals surface area contributed by atoms with E-state index in [0.29, 0.717) is 5.92 Å². The van der Waals surface area contributed by atoms with Crippen LogP contribution < -0.4 is 9.47 Å². The number of rotatable bonds is 4. The lowest BCUT2D eigenvalue weighted by molar-refractivity contribution is 0.121. The Kier molecular flexibility index (Phi) is 5.12. The minimum atomic E-state index is -0.201.